The Kier molecular flexibility index (Phi) is 3.81. The molecule has 0 spiro atoms. The molecule has 1 atom stereocenters. The monoisotopic (exact) mass is 262 g/mol. The summed E-state index contributed by atoms with van der Waals surface area (Å²) in [6.07, 6.45) is 1.57. The fourth-order valence-corrected chi connectivity index (χ4v) is 2.33. The Bertz CT molecular complexity index is 432. The van der Waals surface area contributed by atoms with Crippen LogP contribution in [0.5, 0.6) is 0 Å². The third kappa shape index (κ3) is 2.96. The van der Waals surface area contributed by atoms with Gasteiger partial charge < -0.3 is 10.2 Å². The van der Waals surface area contributed by atoms with Crippen LogP contribution in [0.25, 0.3) is 0 Å². The van der Waals surface area contributed by atoms with Gasteiger partial charge in [-0.1, -0.05) is 6.92 Å². The molecule has 0 aromatic heterocycles. The quantitative estimate of drug-likeness (QED) is 0.716. The van der Waals surface area contributed by atoms with Crippen LogP contribution in [-0.2, 0) is 19.4 Å². The summed E-state index contributed by atoms with van der Waals surface area (Å²) in [6.45, 7) is 3.46. The molecule has 2 amide bonds. The number of nitrogens with zero attached hydrogens (tertiary/aromatic N) is 1. The van der Waals surface area contributed by atoms with Gasteiger partial charge in [0.05, 0.1) is 12.3 Å². The van der Waals surface area contributed by atoms with Crippen LogP contribution >= 0.6 is 0 Å². The highest BCUT2D eigenvalue weighted by Gasteiger charge is 2.44. The second kappa shape index (κ2) is 4.64. The van der Waals surface area contributed by atoms with Crippen LogP contribution in [0.15, 0.2) is 0 Å². The number of sulfone groups is 1. The molecule has 1 fully saturated rings. The van der Waals surface area contributed by atoms with Gasteiger partial charge in [0, 0.05) is 12.8 Å². The summed E-state index contributed by atoms with van der Waals surface area (Å²) in [5, 5.41) is 2.52. The van der Waals surface area contributed by atoms with Gasteiger partial charge in [-0.15, -0.1) is 0 Å². The molecule has 7 heteroatoms. The van der Waals surface area contributed by atoms with Gasteiger partial charge in [0.1, 0.15) is 15.4 Å². The molecular weight excluding hydrogens is 244 g/mol. The van der Waals surface area contributed by atoms with Gasteiger partial charge in [0.15, 0.2) is 0 Å². The summed E-state index contributed by atoms with van der Waals surface area (Å²) < 4.78 is 22.2. The molecule has 1 N–H and O–H groups in total. The maximum absolute atomic E-state index is 11.8. The van der Waals surface area contributed by atoms with Gasteiger partial charge in [-0.25, -0.2) is 8.42 Å². The van der Waals surface area contributed by atoms with Crippen molar-refractivity contribution in [1.82, 2.24) is 10.2 Å². The number of hydrogen-bond acceptors (Lipinski definition) is 4. The van der Waals surface area contributed by atoms with Gasteiger partial charge in [-0.05, 0) is 13.3 Å². The summed E-state index contributed by atoms with van der Waals surface area (Å²) >= 11 is 0. The van der Waals surface area contributed by atoms with Crippen LogP contribution in [0.3, 0.4) is 0 Å². The Morgan fingerprint density at radius 1 is 1.41 bits per heavy atom. The molecule has 1 saturated heterocycles. The minimum Gasteiger partial charge on any atom is -0.345 e. The lowest BCUT2D eigenvalue weighted by Gasteiger charge is -2.42. The largest absolute Gasteiger partial charge is 0.345 e. The molecule has 0 aliphatic carbocycles. The second-order valence-corrected chi connectivity index (χ2v) is 6.75. The molecule has 17 heavy (non-hydrogen) atoms. The number of piperazine rings is 1. The first-order valence-corrected chi connectivity index (χ1v) is 7.53. The van der Waals surface area contributed by atoms with E-state index >= 15 is 0 Å². The molecule has 0 aromatic rings. The predicted octanol–water partition coefficient (Wildman–Crippen LogP) is -0.842. The number of carbonyl (C=O) groups is 2. The third-order valence-corrected chi connectivity index (χ3v) is 4.08. The van der Waals surface area contributed by atoms with E-state index in [2.05, 4.69) is 5.32 Å². The van der Waals surface area contributed by atoms with E-state index in [4.69, 9.17) is 0 Å². The zero-order valence-electron chi connectivity index (χ0n) is 10.3. The highest BCUT2D eigenvalue weighted by atomic mass is 32.2. The van der Waals surface area contributed by atoms with Gasteiger partial charge in [0.25, 0.3) is 0 Å². The van der Waals surface area contributed by atoms with Gasteiger partial charge in [-0.2, -0.15) is 0 Å². The Morgan fingerprint density at radius 2 is 2.00 bits per heavy atom. The molecule has 1 aliphatic heterocycles. The van der Waals surface area contributed by atoms with Gasteiger partial charge in [-0.3, -0.25) is 9.59 Å². The van der Waals surface area contributed by atoms with Gasteiger partial charge >= 0.3 is 0 Å². The predicted molar refractivity (Wildman–Crippen MR) is 63.1 cm³/mol. The van der Waals surface area contributed by atoms with Crippen LogP contribution in [0.1, 0.15) is 20.3 Å². The van der Waals surface area contributed by atoms with E-state index in [1.54, 1.807) is 13.8 Å². The molecule has 0 bridgehead atoms. The SMILES string of the molecule is CCC1(C)C(=O)NCC(=O)N1CCS(C)(=O)=O. The molecule has 1 unspecified atom stereocenters. The number of amides is 2. The van der Waals surface area contributed by atoms with Crippen molar-refractivity contribution in [2.75, 3.05) is 25.1 Å². The number of rotatable bonds is 4. The lowest BCUT2D eigenvalue weighted by molar-refractivity contribution is -0.152. The van der Waals surface area contributed by atoms with Crippen molar-refractivity contribution in [2.45, 2.75) is 25.8 Å². The van der Waals surface area contributed by atoms with Crippen molar-refractivity contribution in [3.8, 4) is 0 Å². The first-order valence-electron chi connectivity index (χ1n) is 5.47. The van der Waals surface area contributed by atoms with E-state index < -0.39 is 15.4 Å². The summed E-state index contributed by atoms with van der Waals surface area (Å²) in [6, 6.07) is 0. The minimum absolute atomic E-state index is 0.0574. The molecule has 98 valence electrons. The fourth-order valence-electron chi connectivity index (χ4n) is 1.82. The molecular formula is C10H18N2O4S. The summed E-state index contributed by atoms with van der Waals surface area (Å²) in [4.78, 5) is 24.9. The summed E-state index contributed by atoms with van der Waals surface area (Å²) in [5.74, 6) is -0.590. The second-order valence-electron chi connectivity index (χ2n) is 4.49. The Hall–Kier alpha value is -1.11. The van der Waals surface area contributed by atoms with Crippen LogP contribution in [-0.4, -0.2) is 55.8 Å². The van der Waals surface area contributed by atoms with Crippen LogP contribution in [0.2, 0.25) is 0 Å². The van der Waals surface area contributed by atoms with E-state index in [9.17, 15) is 18.0 Å². The normalized spacial score (nSPS) is 25.9. The lowest BCUT2D eigenvalue weighted by atomic mass is 9.93. The van der Waals surface area contributed by atoms with E-state index in [-0.39, 0.29) is 30.7 Å². The van der Waals surface area contributed by atoms with E-state index in [1.165, 1.54) is 4.90 Å². The zero-order valence-corrected chi connectivity index (χ0v) is 11.1. The number of carbonyl (C=O) groups excluding carboxylic acids is 2. The average Bonchev–Trinajstić information content (AvgIpc) is 2.22. The van der Waals surface area contributed by atoms with Crippen LogP contribution in [0.4, 0.5) is 0 Å². The van der Waals surface area contributed by atoms with Crippen molar-refractivity contribution in [3.63, 3.8) is 0 Å². The highest BCUT2D eigenvalue weighted by Crippen LogP contribution is 2.22. The van der Waals surface area contributed by atoms with Crippen molar-refractivity contribution >= 4 is 21.7 Å². The molecule has 0 aromatic carbocycles. The number of nitrogens with one attached hydrogen (secondary N) is 1. The topological polar surface area (TPSA) is 83.6 Å². The lowest BCUT2D eigenvalue weighted by Crippen LogP contribution is -2.66. The standard InChI is InChI=1S/C10H18N2O4S/c1-4-10(2)9(14)11-7-8(13)12(10)5-6-17(3,15)16/h4-7H2,1-3H3,(H,11,14). The molecule has 1 rings (SSSR count). The van der Waals surface area contributed by atoms with E-state index in [0.29, 0.717) is 6.42 Å². The summed E-state index contributed by atoms with van der Waals surface area (Å²) in [5.41, 5.74) is -0.944. The van der Waals surface area contributed by atoms with E-state index in [0.717, 1.165) is 6.26 Å². The molecule has 0 radical (unpaired) electrons. The Labute approximate surface area is 101 Å². The Morgan fingerprint density at radius 3 is 2.47 bits per heavy atom. The zero-order chi connectivity index (χ0) is 13.3. The summed E-state index contributed by atoms with van der Waals surface area (Å²) in [7, 11) is -3.15. The minimum atomic E-state index is -3.15. The third-order valence-electron chi connectivity index (χ3n) is 3.16. The molecule has 0 saturated carbocycles. The first-order chi connectivity index (χ1) is 7.70. The van der Waals surface area contributed by atoms with Crippen molar-refractivity contribution < 1.29 is 18.0 Å². The number of hydrogen-bond donors (Lipinski definition) is 1. The van der Waals surface area contributed by atoms with Crippen molar-refractivity contribution in [3.05, 3.63) is 0 Å². The van der Waals surface area contributed by atoms with Crippen LogP contribution in [0, 0.1) is 0 Å². The van der Waals surface area contributed by atoms with Crippen molar-refractivity contribution in [2.24, 2.45) is 0 Å². The van der Waals surface area contributed by atoms with E-state index in [1.807, 2.05) is 0 Å². The first kappa shape index (κ1) is 14.0. The smallest absolute Gasteiger partial charge is 0.246 e. The van der Waals surface area contributed by atoms with Crippen molar-refractivity contribution in [1.29, 1.82) is 0 Å². The van der Waals surface area contributed by atoms with Crippen LogP contribution < -0.4 is 5.32 Å². The molecule has 1 heterocycles. The average molecular weight is 262 g/mol. The van der Waals surface area contributed by atoms with Gasteiger partial charge in [0.2, 0.25) is 11.8 Å². The Balaban J connectivity index is 2.91. The maximum Gasteiger partial charge on any atom is 0.246 e. The molecule has 6 nitrogen and oxygen atoms in total. The highest BCUT2D eigenvalue weighted by molar-refractivity contribution is 7.90. The maximum atomic E-state index is 11.8. The molecule has 1 aliphatic rings. The fraction of sp³-hybridized carbons (Fsp3) is 0.800.